The highest BCUT2D eigenvalue weighted by Crippen LogP contribution is 2.16. The maximum Gasteiger partial charge on any atom is 0.335 e. The van der Waals surface area contributed by atoms with Gasteiger partial charge in [-0.1, -0.05) is 42.5 Å². The van der Waals surface area contributed by atoms with Gasteiger partial charge in [0.2, 0.25) is 0 Å². The van der Waals surface area contributed by atoms with E-state index in [0.29, 0.717) is 0 Å². The largest absolute Gasteiger partial charge is 0.467 e. The number of rotatable bonds is 3. The van der Waals surface area contributed by atoms with Gasteiger partial charge in [-0.05, 0) is 16.3 Å². The first-order chi connectivity index (χ1) is 8.20. The predicted molar refractivity (Wildman–Crippen MR) is 65.7 cm³/mol. The molecule has 3 nitrogen and oxygen atoms in total. The third kappa shape index (κ3) is 2.63. The van der Waals surface area contributed by atoms with Gasteiger partial charge in [-0.25, -0.2) is 4.79 Å². The highest BCUT2D eigenvalue weighted by atomic mass is 16.5. The molecule has 0 aliphatic carbocycles. The molecule has 1 N–H and O–H groups in total. The summed E-state index contributed by atoms with van der Waals surface area (Å²) in [5.74, 6) is -0.599. The molecule has 1 atom stereocenters. The quantitative estimate of drug-likeness (QED) is 0.819. The van der Waals surface area contributed by atoms with Crippen LogP contribution in [0.2, 0.25) is 0 Å². The van der Waals surface area contributed by atoms with Crippen molar-refractivity contribution in [1.82, 2.24) is 0 Å². The average Bonchev–Trinajstić information content (AvgIpc) is 2.37. The van der Waals surface area contributed by atoms with Gasteiger partial charge >= 0.3 is 5.97 Å². The number of carbonyl (C=O) groups is 1. The smallest absolute Gasteiger partial charge is 0.335 e. The van der Waals surface area contributed by atoms with E-state index in [9.17, 15) is 9.90 Å². The second-order valence-corrected chi connectivity index (χ2v) is 3.92. The Hall–Kier alpha value is -1.87. The van der Waals surface area contributed by atoms with Crippen molar-refractivity contribution in [2.45, 2.75) is 12.5 Å². The van der Waals surface area contributed by atoms with Crippen molar-refractivity contribution in [3.63, 3.8) is 0 Å². The second-order valence-electron chi connectivity index (χ2n) is 3.92. The van der Waals surface area contributed by atoms with E-state index in [-0.39, 0.29) is 6.42 Å². The fraction of sp³-hybridized carbons (Fsp3) is 0.214. The molecule has 2 aromatic carbocycles. The van der Waals surface area contributed by atoms with Crippen molar-refractivity contribution in [2.24, 2.45) is 0 Å². The monoisotopic (exact) mass is 230 g/mol. The molecule has 3 heteroatoms. The van der Waals surface area contributed by atoms with Gasteiger partial charge in [-0.3, -0.25) is 0 Å². The Morgan fingerprint density at radius 1 is 1.24 bits per heavy atom. The number of fused-ring (bicyclic) bond motifs is 1. The number of esters is 1. The summed E-state index contributed by atoms with van der Waals surface area (Å²) in [5, 5.41) is 11.8. The maximum atomic E-state index is 11.1. The van der Waals surface area contributed by atoms with Gasteiger partial charge in [0.05, 0.1) is 7.11 Å². The molecule has 2 aromatic rings. The molecule has 0 fully saturated rings. The molecule has 0 heterocycles. The van der Waals surface area contributed by atoms with Crippen molar-refractivity contribution in [3.05, 3.63) is 48.0 Å². The van der Waals surface area contributed by atoms with E-state index in [1.807, 2.05) is 42.5 Å². The molecular formula is C14H14O3. The summed E-state index contributed by atoms with van der Waals surface area (Å²) in [6.07, 6.45) is -0.821. The first-order valence-electron chi connectivity index (χ1n) is 5.44. The molecule has 0 saturated heterocycles. The fourth-order valence-electron chi connectivity index (χ4n) is 1.81. The number of carbonyl (C=O) groups excluding carboxylic acids is 1. The molecule has 0 radical (unpaired) electrons. The Morgan fingerprint density at radius 3 is 2.65 bits per heavy atom. The minimum absolute atomic E-state index is 0.275. The lowest BCUT2D eigenvalue weighted by molar-refractivity contribution is -0.150. The first kappa shape index (κ1) is 11.6. The first-order valence-corrected chi connectivity index (χ1v) is 5.44. The van der Waals surface area contributed by atoms with Crippen molar-refractivity contribution in [1.29, 1.82) is 0 Å². The van der Waals surface area contributed by atoms with E-state index in [4.69, 9.17) is 0 Å². The summed E-state index contributed by atoms with van der Waals surface area (Å²) in [6.45, 7) is 0. The summed E-state index contributed by atoms with van der Waals surface area (Å²) in [5.41, 5.74) is 0.918. The van der Waals surface area contributed by atoms with Crippen LogP contribution in [0.4, 0.5) is 0 Å². The standard InChI is InChI=1S/C14H14O3/c1-17-14(16)13(15)9-10-6-7-11-4-2-3-5-12(11)8-10/h2-8,13,15H,9H2,1H3/t13-/m1/s1. The van der Waals surface area contributed by atoms with E-state index >= 15 is 0 Å². The Bertz CT molecular complexity index is 534. The minimum atomic E-state index is -1.10. The number of hydrogen-bond acceptors (Lipinski definition) is 3. The van der Waals surface area contributed by atoms with Crippen LogP contribution in [-0.2, 0) is 16.0 Å². The SMILES string of the molecule is COC(=O)[C@H](O)Cc1ccc2ccccc2c1. The number of methoxy groups -OCH3 is 1. The Labute approximate surface area is 99.6 Å². The Morgan fingerprint density at radius 2 is 1.94 bits per heavy atom. The highest BCUT2D eigenvalue weighted by Gasteiger charge is 2.15. The van der Waals surface area contributed by atoms with Gasteiger partial charge in [0.25, 0.3) is 0 Å². The van der Waals surface area contributed by atoms with Crippen LogP contribution in [-0.4, -0.2) is 24.3 Å². The summed E-state index contributed by atoms with van der Waals surface area (Å²) in [6, 6.07) is 13.8. The van der Waals surface area contributed by atoms with E-state index in [1.165, 1.54) is 7.11 Å². The summed E-state index contributed by atoms with van der Waals surface area (Å²) in [7, 11) is 1.27. The Kier molecular flexibility index (Phi) is 3.40. The van der Waals surface area contributed by atoms with E-state index in [1.54, 1.807) is 0 Å². The third-order valence-electron chi connectivity index (χ3n) is 2.72. The van der Waals surface area contributed by atoms with Gasteiger partial charge in [0.1, 0.15) is 0 Å². The molecule has 0 aromatic heterocycles. The topological polar surface area (TPSA) is 46.5 Å². The van der Waals surface area contributed by atoms with Gasteiger partial charge in [0.15, 0.2) is 6.10 Å². The zero-order valence-electron chi connectivity index (χ0n) is 9.59. The molecule has 0 amide bonds. The number of hydrogen-bond donors (Lipinski definition) is 1. The maximum absolute atomic E-state index is 11.1. The van der Waals surface area contributed by atoms with Crippen molar-refractivity contribution < 1.29 is 14.6 Å². The number of benzene rings is 2. The van der Waals surface area contributed by atoms with Crippen molar-refractivity contribution in [2.75, 3.05) is 7.11 Å². The highest BCUT2D eigenvalue weighted by molar-refractivity contribution is 5.83. The van der Waals surface area contributed by atoms with Crippen LogP contribution >= 0.6 is 0 Å². The van der Waals surface area contributed by atoms with E-state index < -0.39 is 12.1 Å². The van der Waals surface area contributed by atoms with Crippen LogP contribution in [0.25, 0.3) is 10.8 Å². The molecular weight excluding hydrogens is 216 g/mol. The molecule has 0 spiro atoms. The van der Waals surface area contributed by atoms with E-state index in [0.717, 1.165) is 16.3 Å². The zero-order chi connectivity index (χ0) is 12.3. The molecule has 0 aliphatic rings. The van der Waals surface area contributed by atoms with Gasteiger partial charge in [-0.2, -0.15) is 0 Å². The van der Waals surface area contributed by atoms with Crippen molar-refractivity contribution >= 4 is 16.7 Å². The Balaban J connectivity index is 2.22. The average molecular weight is 230 g/mol. The van der Waals surface area contributed by atoms with Gasteiger partial charge < -0.3 is 9.84 Å². The lowest BCUT2D eigenvalue weighted by Crippen LogP contribution is -2.24. The van der Waals surface area contributed by atoms with Gasteiger partial charge in [-0.15, -0.1) is 0 Å². The van der Waals surface area contributed by atoms with Crippen molar-refractivity contribution in [3.8, 4) is 0 Å². The molecule has 0 saturated carbocycles. The van der Waals surface area contributed by atoms with Crippen LogP contribution in [0.3, 0.4) is 0 Å². The summed E-state index contributed by atoms with van der Waals surface area (Å²) in [4.78, 5) is 11.1. The molecule has 0 aliphatic heterocycles. The predicted octanol–water partition coefficient (Wildman–Crippen LogP) is 1.92. The van der Waals surface area contributed by atoms with Crippen LogP contribution in [0.1, 0.15) is 5.56 Å². The molecule has 88 valence electrons. The summed E-state index contributed by atoms with van der Waals surface area (Å²) >= 11 is 0. The lowest BCUT2D eigenvalue weighted by Gasteiger charge is -2.08. The molecule has 0 bridgehead atoms. The van der Waals surface area contributed by atoms with Crippen LogP contribution < -0.4 is 0 Å². The van der Waals surface area contributed by atoms with Crippen LogP contribution in [0.5, 0.6) is 0 Å². The third-order valence-corrected chi connectivity index (χ3v) is 2.72. The summed E-state index contributed by atoms with van der Waals surface area (Å²) < 4.78 is 4.48. The van der Waals surface area contributed by atoms with Crippen LogP contribution in [0.15, 0.2) is 42.5 Å². The number of aliphatic hydroxyl groups is 1. The zero-order valence-corrected chi connectivity index (χ0v) is 9.59. The lowest BCUT2D eigenvalue weighted by atomic mass is 10.0. The number of ether oxygens (including phenoxy) is 1. The minimum Gasteiger partial charge on any atom is -0.467 e. The van der Waals surface area contributed by atoms with Gasteiger partial charge in [0, 0.05) is 6.42 Å². The normalized spacial score (nSPS) is 12.4. The molecule has 17 heavy (non-hydrogen) atoms. The fourth-order valence-corrected chi connectivity index (χ4v) is 1.81. The number of aliphatic hydroxyl groups excluding tert-OH is 1. The second kappa shape index (κ2) is 4.97. The van der Waals surface area contributed by atoms with E-state index in [2.05, 4.69) is 4.74 Å². The molecule has 0 unspecified atom stereocenters. The molecule has 2 rings (SSSR count). The van der Waals surface area contributed by atoms with Crippen LogP contribution in [0, 0.1) is 0 Å².